The molecule has 1 aliphatic carbocycles. The lowest BCUT2D eigenvalue weighted by Gasteiger charge is -2.38. The van der Waals surface area contributed by atoms with Crippen molar-refractivity contribution in [2.75, 3.05) is 20.3 Å². The Morgan fingerprint density at radius 2 is 1.60 bits per heavy atom. The second kappa shape index (κ2) is 5.08. The molecule has 0 atom stereocenters. The number of nitrogens with zero attached hydrogens (tertiary/aromatic N) is 1. The lowest BCUT2D eigenvalue weighted by molar-refractivity contribution is -0.121. The van der Waals surface area contributed by atoms with Gasteiger partial charge >= 0.3 is 0 Å². The number of hydrogen-bond donors (Lipinski definition) is 0. The molecule has 86 valence electrons. The van der Waals surface area contributed by atoms with Gasteiger partial charge in [-0.1, -0.05) is 0 Å². The molecule has 0 bridgehead atoms. The molecule has 0 N–H and O–H groups in total. The Labute approximate surface area is 91.8 Å². The van der Waals surface area contributed by atoms with Gasteiger partial charge in [0.05, 0.1) is 0 Å². The fourth-order valence-electron chi connectivity index (χ4n) is 2.72. The van der Waals surface area contributed by atoms with Crippen LogP contribution in [0.25, 0.3) is 0 Å². The Hall–Kier alpha value is -0.410. The minimum Gasteiger partial charge on any atom is -0.381 e. The summed E-state index contributed by atoms with van der Waals surface area (Å²) >= 11 is 0. The number of carbonyl (C=O) groups is 1. The molecule has 0 amide bonds. The van der Waals surface area contributed by atoms with Crippen LogP contribution in [0.15, 0.2) is 0 Å². The molecule has 15 heavy (non-hydrogen) atoms. The number of ketones is 1. The maximum Gasteiger partial charge on any atom is 0.133 e. The highest BCUT2D eigenvalue weighted by molar-refractivity contribution is 5.79. The van der Waals surface area contributed by atoms with Crippen molar-refractivity contribution in [2.24, 2.45) is 0 Å². The Morgan fingerprint density at radius 1 is 1.07 bits per heavy atom. The molecule has 1 aliphatic heterocycles. The first-order valence-corrected chi connectivity index (χ1v) is 6.09. The molecule has 1 saturated carbocycles. The zero-order valence-corrected chi connectivity index (χ0v) is 9.58. The SMILES string of the molecule is CN(C1CCOCC1)C1CCC(=O)CC1. The van der Waals surface area contributed by atoms with Gasteiger partial charge in [-0.05, 0) is 32.7 Å². The van der Waals surface area contributed by atoms with Gasteiger partial charge in [-0.25, -0.2) is 0 Å². The summed E-state index contributed by atoms with van der Waals surface area (Å²) in [5.41, 5.74) is 0. The standard InChI is InChI=1S/C12H21NO2/c1-13(11-6-8-15-9-7-11)10-2-4-12(14)5-3-10/h10-11H,2-9H2,1H3. The molecular weight excluding hydrogens is 190 g/mol. The number of carbonyl (C=O) groups excluding carboxylic acids is 1. The van der Waals surface area contributed by atoms with Crippen molar-refractivity contribution < 1.29 is 9.53 Å². The predicted molar refractivity (Wildman–Crippen MR) is 58.9 cm³/mol. The van der Waals surface area contributed by atoms with Gasteiger partial charge in [-0.3, -0.25) is 4.79 Å². The van der Waals surface area contributed by atoms with Gasteiger partial charge in [-0.2, -0.15) is 0 Å². The van der Waals surface area contributed by atoms with Crippen LogP contribution in [-0.2, 0) is 9.53 Å². The number of ether oxygens (including phenoxy) is 1. The molecule has 0 aromatic rings. The van der Waals surface area contributed by atoms with Crippen LogP contribution in [-0.4, -0.2) is 43.0 Å². The summed E-state index contributed by atoms with van der Waals surface area (Å²) in [6.45, 7) is 1.81. The van der Waals surface area contributed by atoms with Crippen molar-refractivity contribution in [1.29, 1.82) is 0 Å². The summed E-state index contributed by atoms with van der Waals surface area (Å²) in [4.78, 5) is 13.7. The number of hydrogen-bond acceptors (Lipinski definition) is 3. The van der Waals surface area contributed by atoms with Crippen LogP contribution < -0.4 is 0 Å². The van der Waals surface area contributed by atoms with Gasteiger partial charge in [0.1, 0.15) is 5.78 Å². The first-order chi connectivity index (χ1) is 7.27. The van der Waals surface area contributed by atoms with Gasteiger partial charge in [0.15, 0.2) is 0 Å². The summed E-state index contributed by atoms with van der Waals surface area (Å²) in [5, 5.41) is 0. The van der Waals surface area contributed by atoms with Crippen molar-refractivity contribution in [1.82, 2.24) is 4.90 Å². The minimum absolute atomic E-state index is 0.451. The molecule has 0 unspecified atom stereocenters. The van der Waals surface area contributed by atoms with E-state index in [4.69, 9.17) is 4.74 Å². The number of rotatable bonds is 2. The van der Waals surface area contributed by atoms with Gasteiger partial charge in [-0.15, -0.1) is 0 Å². The molecule has 3 nitrogen and oxygen atoms in total. The summed E-state index contributed by atoms with van der Waals surface area (Å²) in [7, 11) is 2.22. The number of Topliss-reactive ketones (excluding diaryl/α,β-unsaturated/α-hetero) is 1. The molecule has 0 aromatic carbocycles. The van der Waals surface area contributed by atoms with Crippen LogP contribution >= 0.6 is 0 Å². The van der Waals surface area contributed by atoms with Crippen molar-refractivity contribution in [3.05, 3.63) is 0 Å². The van der Waals surface area contributed by atoms with Crippen LogP contribution in [0.2, 0.25) is 0 Å². The zero-order chi connectivity index (χ0) is 10.7. The zero-order valence-electron chi connectivity index (χ0n) is 9.58. The summed E-state index contributed by atoms with van der Waals surface area (Å²) in [5.74, 6) is 0.451. The average molecular weight is 211 g/mol. The molecule has 2 fully saturated rings. The fourth-order valence-corrected chi connectivity index (χ4v) is 2.72. The highest BCUT2D eigenvalue weighted by atomic mass is 16.5. The van der Waals surface area contributed by atoms with Crippen LogP contribution in [0, 0.1) is 0 Å². The van der Waals surface area contributed by atoms with Gasteiger partial charge in [0.2, 0.25) is 0 Å². The van der Waals surface area contributed by atoms with Crippen LogP contribution in [0.5, 0.6) is 0 Å². The van der Waals surface area contributed by atoms with Crippen molar-refractivity contribution in [3.63, 3.8) is 0 Å². The van der Waals surface area contributed by atoms with E-state index in [0.29, 0.717) is 17.9 Å². The first kappa shape index (κ1) is 11.1. The smallest absolute Gasteiger partial charge is 0.133 e. The van der Waals surface area contributed by atoms with E-state index in [-0.39, 0.29) is 0 Å². The molecule has 0 aromatic heterocycles. The normalized spacial score (nSPS) is 26.1. The third-order valence-electron chi connectivity index (χ3n) is 3.86. The summed E-state index contributed by atoms with van der Waals surface area (Å²) < 4.78 is 5.37. The minimum atomic E-state index is 0.451. The van der Waals surface area contributed by atoms with E-state index in [1.54, 1.807) is 0 Å². The van der Waals surface area contributed by atoms with Gasteiger partial charge in [0, 0.05) is 38.1 Å². The molecule has 2 rings (SSSR count). The predicted octanol–water partition coefficient (Wildman–Crippen LogP) is 1.61. The fraction of sp³-hybridized carbons (Fsp3) is 0.917. The van der Waals surface area contributed by atoms with E-state index in [1.165, 1.54) is 0 Å². The summed E-state index contributed by atoms with van der Waals surface area (Å²) in [6.07, 6.45) is 6.01. The Balaban J connectivity index is 1.83. The van der Waals surface area contributed by atoms with Crippen molar-refractivity contribution in [3.8, 4) is 0 Å². The molecule has 0 radical (unpaired) electrons. The molecule has 2 aliphatic rings. The van der Waals surface area contributed by atoms with Crippen LogP contribution in [0.1, 0.15) is 38.5 Å². The lowest BCUT2D eigenvalue weighted by Crippen LogP contribution is -2.44. The first-order valence-electron chi connectivity index (χ1n) is 6.09. The van der Waals surface area contributed by atoms with E-state index >= 15 is 0 Å². The summed E-state index contributed by atoms with van der Waals surface area (Å²) in [6, 6.07) is 1.31. The monoisotopic (exact) mass is 211 g/mol. The highest BCUT2D eigenvalue weighted by Crippen LogP contribution is 2.24. The van der Waals surface area contributed by atoms with Crippen LogP contribution in [0.3, 0.4) is 0 Å². The van der Waals surface area contributed by atoms with E-state index in [0.717, 1.165) is 51.7 Å². The van der Waals surface area contributed by atoms with E-state index in [1.807, 2.05) is 0 Å². The van der Waals surface area contributed by atoms with Crippen LogP contribution in [0.4, 0.5) is 0 Å². The van der Waals surface area contributed by atoms with E-state index in [9.17, 15) is 4.79 Å². The maximum atomic E-state index is 11.2. The Kier molecular flexibility index (Phi) is 3.76. The average Bonchev–Trinajstić information content (AvgIpc) is 2.30. The van der Waals surface area contributed by atoms with Gasteiger partial charge in [0.25, 0.3) is 0 Å². The quantitative estimate of drug-likeness (QED) is 0.695. The maximum absolute atomic E-state index is 11.2. The molecule has 0 spiro atoms. The topological polar surface area (TPSA) is 29.5 Å². The van der Waals surface area contributed by atoms with Crippen molar-refractivity contribution >= 4 is 5.78 Å². The van der Waals surface area contributed by atoms with E-state index in [2.05, 4.69) is 11.9 Å². The third kappa shape index (κ3) is 2.79. The highest BCUT2D eigenvalue weighted by Gasteiger charge is 2.27. The second-order valence-corrected chi connectivity index (χ2v) is 4.78. The molecule has 1 heterocycles. The molecular formula is C12H21NO2. The Morgan fingerprint density at radius 3 is 2.20 bits per heavy atom. The second-order valence-electron chi connectivity index (χ2n) is 4.78. The largest absolute Gasteiger partial charge is 0.381 e. The lowest BCUT2D eigenvalue weighted by atomic mass is 9.91. The Bertz CT molecular complexity index is 214. The third-order valence-corrected chi connectivity index (χ3v) is 3.86. The van der Waals surface area contributed by atoms with Gasteiger partial charge < -0.3 is 9.64 Å². The van der Waals surface area contributed by atoms with Crippen molar-refractivity contribution in [2.45, 2.75) is 50.6 Å². The molecule has 3 heteroatoms. The van der Waals surface area contributed by atoms with E-state index < -0.39 is 0 Å². The molecule has 1 saturated heterocycles.